The topological polar surface area (TPSA) is 32.3 Å². The first kappa shape index (κ1) is 14.3. The van der Waals surface area contributed by atoms with Crippen molar-refractivity contribution in [2.75, 3.05) is 18.9 Å². The van der Waals surface area contributed by atoms with Gasteiger partial charge in [0.05, 0.1) is 11.6 Å². The first-order chi connectivity index (χ1) is 9.06. The number of hydrogen-bond donors (Lipinski definition) is 1. The molecule has 2 rings (SSSR count). The van der Waals surface area contributed by atoms with Gasteiger partial charge in [0.2, 0.25) is 5.91 Å². The number of nitrogens with one attached hydrogen (secondary N) is 1. The molecule has 0 aromatic heterocycles. The van der Waals surface area contributed by atoms with Crippen LogP contribution >= 0.6 is 11.6 Å². The van der Waals surface area contributed by atoms with Gasteiger partial charge in [0.15, 0.2) is 0 Å². The Morgan fingerprint density at radius 2 is 2.16 bits per heavy atom. The van der Waals surface area contributed by atoms with Gasteiger partial charge in [0, 0.05) is 11.7 Å². The number of rotatable bonds is 4. The van der Waals surface area contributed by atoms with Crippen LogP contribution in [0.1, 0.15) is 25.7 Å². The first-order valence-corrected chi connectivity index (χ1v) is 6.89. The van der Waals surface area contributed by atoms with Gasteiger partial charge in [-0.25, -0.2) is 4.39 Å². The van der Waals surface area contributed by atoms with Crippen LogP contribution in [0.3, 0.4) is 0 Å². The average Bonchev–Trinajstić information content (AvgIpc) is 2.87. The van der Waals surface area contributed by atoms with Crippen molar-refractivity contribution >= 4 is 23.2 Å². The van der Waals surface area contributed by atoms with Crippen molar-refractivity contribution in [3.8, 4) is 0 Å². The Morgan fingerprint density at radius 3 is 2.79 bits per heavy atom. The zero-order valence-electron chi connectivity index (χ0n) is 11.0. The van der Waals surface area contributed by atoms with Crippen LogP contribution in [0.15, 0.2) is 18.2 Å². The van der Waals surface area contributed by atoms with Gasteiger partial charge < -0.3 is 5.32 Å². The molecule has 0 unspecified atom stereocenters. The Hall–Kier alpha value is -1.13. The Balaban J connectivity index is 1.88. The minimum absolute atomic E-state index is 0.0157. The van der Waals surface area contributed by atoms with Crippen LogP contribution in [0, 0.1) is 5.82 Å². The average molecular weight is 285 g/mol. The van der Waals surface area contributed by atoms with Crippen LogP contribution in [0.2, 0.25) is 5.02 Å². The SMILES string of the molecule is CN(CC(=O)Nc1ccc(F)c(Cl)c1)C1CCCC1. The third-order valence-electron chi connectivity index (χ3n) is 3.54. The van der Waals surface area contributed by atoms with Crippen molar-refractivity contribution in [3.63, 3.8) is 0 Å². The normalized spacial score (nSPS) is 16.0. The lowest BCUT2D eigenvalue weighted by molar-refractivity contribution is -0.117. The zero-order valence-corrected chi connectivity index (χ0v) is 11.7. The van der Waals surface area contributed by atoms with E-state index in [1.807, 2.05) is 7.05 Å². The number of amides is 1. The van der Waals surface area contributed by atoms with Gasteiger partial charge in [0.25, 0.3) is 0 Å². The summed E-state index contributed by atoms with van der Waals surface area (Å²) in [6, 6.07) is 4.68. The van der Waals surface area contributed by atoms with Gasteiger partial charge >= 0.3 is 0 Å². The molecule has 1 N–H and O–H groups in total. The molecule has 0 radical (unpaired) electrons. The summed E-state index contributed by atoms with van der Waals surface area (Å²) in [6.07, 6.45) is 4.80. The van der Waals surface area contributed by atoms with E-state index in [-0.39, 0.29) is 10.9 Å². The fourth-order valence-electron chi connectivity index (χ4n) is 2.48. The van der Waals surface area contributed by atoms with Crippen LogP contribution in [0.4, 0.5) is 10.1 Å². The predicted molar refractivity (Wildman–Crippen MR) is 74.9 cm³/mol. The van der Waals surface area contributed by atoms with E-state index >= 15 is 0 Å². The van der Waals surface area contributed by atoms with E-state index < -0.39 is 5.82 Å². The lowest BCUT2D eigenvalue weighted by Gasteiger charge is -2.23. The van der Waals surface area contributed by atoms with E-state index in [0.717, 1.165) is 12.8 Å². The van der Waals surface area contributed by atoms with Crippen LogP contribution in [-0.4, -0.2) is 30.4 Å². The minimum Gasteiger partial charge on any atom is -0.325 e. The lowest BCUT2D eigenvalue weighted by atomic mass is 10.2. The summed E-state index contributed by atoms with van der Waals surface area (Å²) < 4.78 is 13.0. The molecule has 0 saturated heterocycles. The summed E-state index contributed by atoms with van der Waals surface area (Å²) in [5.41, 5.74) is 0.524. The van der Waals surface area contributed by atoms with Crippen molar-refractivity contribution in [2.45, 2.75) is 31.7 Å². The van der Waals surface area contributed by atoms with Crippen molar-refractivity contribution in [1.82, 2.24) is 4.90 Å². The number of hydrogen-bond acceptors (Lipinski definition) is 2. The molecule has 0 atom stereocenters. The predicted octanol–water partition coefficient (Wildman–Crippen LogP) is 3.29. The third-order valence-corrected chi connectivity index (χ3v) is 3.83. The molecule has 5 heteroatoms. The molecule has 1 aromatic carbocycles. The van der Waals surface area contributed by atoms with E-state index in [2.05, 4.69) is 10.2 Å². The second-order valence-corrected chi connectivity index (χ2v) is 5.44. The molecule has 1 fully saturated rings. The van der Waals surface area contributed by atoms with Gasteiger partial charge in [-0.05, 0) is 38.1 Å². The maximum absolute atomic E-state index is 13.0. The van der Waals surface area contributed by atoms with Crippen molar-refractivity contribution in [2.24, 2.45) is 0 Å². The van der Waals surface area contributed by atoms with E-state index in [4.69, 9.17) is 11.6 Å². The van der Waals surface area contributed by atoms with Crippen molar-refractivity contribution in [1.29, 1.82) is 0 Å². The highest BCUT2D eigenvalue weighted by molar-refractivity contribution is 6.31. The summed E-state index contributed by atoms with van der Waals surface area (Å²) >= 11 is 5.67. The molecule has 3 nitrogen and oxygen atoms in total. The highest BCUT2D eigenvalue weighted by Crippen LogP contribution is 2.22. The molecule has 0 spiro atoms. The molecule has 0 aliphatic heterocycles. The smallest absolute Gasteiger partial charge is 0.238 e. The number of likely N-dealkylation sites (N-methyl/N-ethyl adjacent to an activating group) is 1. The minimum atomic E-state index is -0.484. The second kappa shape index (κ2) is 6.35. The molecule has 19 heavy (non-hydrogen) atoms. The molecule has 1 aromatic rings. The van der Waals surface area contributed by atoms with Crippen LogP contribution < -0.4 is 5.32 Å². The summed E-state index contributed by atoms with van der Waals surface area (Å²) in [5, 5.41) is 2.75. The van der Waals surface area contributed by atoms with Gasteiger partial charge in [-0.3, -0.25) is 9.69 Å². The standard InChI is InChI=1S/C14H18ClFN2O/c1-18(11-4-2-3-5-11)9-14(19)17-10-6-7-13(16)12(15)8-10/h6-8,11H,2-5,9H2,1H3,(H,17,19). The van der Waals surface area contributed by atoms with Crippen LogP contribution in [0.25, 0.3) is 0 Å². The number of carbonyl (C=O) groups excluding carboxylic acids is 1. The number of halogens is 2. The summed E-state index contributed by atoms with van der Waals surface area (Å²) in [6.45, 7) is 0.347. The van der Waals surface area contributed by atoms with E-state index in [9.17, 15) is 9.18 Å². The van der Waals surface area contributed by atoms with Gasteiger partial charge in [-0.2, -0.15) is 0 Å². The number of anilines is 1. The largest absolute Gasteiger partial charge is 0.325 e. The van der Waals surface area contributed by atoms with Crippen LogP contribution in [-0.2, 0) is 4.79 Å². The van der Waals surface area contributed by atoms with Crippen molar-refractivity contribution in [3.05, 3.63) is 29.0 Å². The number of nitrogens with zero attached hydrogens (tertiary/aromatic N) is 1. The highest BCUT2D eigenvalue weighted by Gasteiger charge is 2.21. The zero-order chi connectivity index (χ0) is 13.8. The molecule has 1 aliphatic carbocycles. The Bertz CT molecular complexity index is 461. The molecular formula is C14H18ClFN2O. The first-order valence-electron chi connectivity index (χ1n) is 6.51. The maximum atomic E-state index is 13.0. The van der Waals surface area contributed by atoms with Gasteiger partial charge in [0.1, 0.15) is 5.82 Å². The van der Waals surface area contributed by atoms with Crippen LogP contribution in [0.5, 0.6) is 0 Å². The maximum Gasteiger partial charge on any atom is 0.238 e. The summed E-state index contributed by atoms with van der Waals surface area (Å²) in [7, 11) is 1.97. The summed E-state index contributed by atoms with van der Waals surface area (Å²) in [4.78, 5) is 14.0. The molecule has 104 valence electrons. The Labute approximate surface area is 117 Å². The fraction of sp³-hybridized carbons (Fsp3) is 0.500. The fourth-order valence-corrected chi connectivity index (χ4v) is 2.66. The molecule has 1 aliphatic rings. The second-order valence-electron chi connectivity index (χ2n) is 5.03. The molecule has 0 heterocycles. The molecule has 0 bridgehead atoms. The molecular weight excluding hydrogens is 267 g/mol. The van der Waals surface area contributed by atoms with E-state index in [0.29, 0.717) is 18.3 Å². The van der Waals surface area contributed by atoms with E-state index in [1.165, 1.54) is 31.0 Å². The summed E-state index contributed by atoms with van der Waals surface area (Å²) in [5.74, 6) is -0.584. The van der Waals surface area contributed by atoms with Gasteiger partial charge in [-0.1, -0.05) is 24.4 Å². The number of carbonyl (C=O) groups is 1. The Morgan fingerprint density at radius 1 is 1.47 bits per heavy atom. The quantitative estimate of drug-likeness (QED) is 0.920. The Kier molecular flexibility index (Phi) is 4.77. The highest BCUT2D eigenvalue weighted by atomic mass is 35.5. The van der Waals surface area contributed by atoms with Gasteiger partial charge in [-0.15, -0.1) is 0 Å². The third kappa shape index (κ3) is 3.91. The van der Waals surface area contributed by atoms with Crippen molar-refractivity contribution < 1.29 is 9.18 Å². The molecule has 1 saturated carbocycles. The monoisotopic (exact) mass is 284 g/mol. The van der Waals surface area contributed by atoms with E-state index in [1.54, 1.807) is 0 Å². The lowest BCUT2D eigenvalue weighted by Crippen LogP contribution is -2.36. The molecule has 1 amide bonds. The number of benzene rings is 1.